The molecule has 136 valence electrons. The Bertz CT molecular complexity index is 935. The minimum absolute atomic E-state index is 0.711. The number of hydrogen-bond acceptors (Lipinski definition) is 3. The van der Waals surface area contributed by atoms with Gasteiger partial charge in [0.15, 0.2) is 0 Å². The maximum absolute atomic E-state index is 5.99. The van der Waals surface area contributed by atoms with Gasteiger partial charge in [-0.3, -0.25) is 4.98 Å². The van der Waals surface area contributed by atoms with Crippen molar-refractivity contribution in [2.24, 2.45) is 0 Å². The second-order valence-electron chi connectivity index (χ2n) is 6.56. The Labute approximate surface area is 159 Å². The molecule has 4 rings (SSSR count). The lowest BCUT2D eigenvalue weighted by Gasteiger charge is -2.10. The molecule has 0 radical (unpaired) electrons. The van der Waals surface area contributed by atoms with Crippen LogP contribution in [0.4, 0.5) is 0 Å². The largest absolute Gasteiger partial charge is 0.493 e. The molecular weight excluding hydrogens is 334 g/mol. The lowest BCUT2D eigenvalue weighted by molar-refractivity contribution is 0.282. The topological polar surface area (TPSA) is 31.4 Å². The highest BCUT2D eigenvalue weighted by Gasteiger charge is 2.03. The Morgan fingerprint density at radius 1 is 0.593 bits per heavy atom. The lowest BCUT2D eigenvalue weighted by atomic mass is 10.1. The number of benzene rings is 3. The summed E-state index contributed by atoms with van der Waals surface area (Å²) in [5.41, 5.74) is 0.971. The number of unbranched alkanes of at least 4 members (excludes halogenated alkanes) is 2. The zero-order valence-electron chi connectivity index (χ0n) is 15.3. The van der Waals surface area contributed by atoms with E-state index in [1.54, 1.807) is 0 Å². The Morgan fingerprint density at radius 3 is 2.11 bits per heavy atom. The standard InChI is InChI=1S/C24H23NO2/c1(4-17-26-23-14-6-10-19-9-2-3-11-20(19)23)5-18-27-24-15-7-13-22-21(24)12-8-16-25-22/h2-3,6-16H,1,4-5,17-18H2. The summed E-state index contributed by atoms with van der Waals surface area (Å²) in [6.45, 7) is 1.44. The van der Waals surface area contributed by atoms with Crippen molar-refractivity contribution in [1.29, 1.82) is 0 Å². The molecule has 1 aromatic heterocycles. The van der Waals surface area contributed by atoms with Gasteiger partial charge < -0.3 is 9.47 Å². The first-order valence-electron chi connectivity index (χ1n) is 9.49. The van der Waals surface area contributed by atoms with Crippen LogP contribution in [0.15, 0.2) is 79.0 Å². The molecule has 4 aromatic rings. The fraction of sp³-hybridized carbons (Fsp3) is 0.208. The van der Waals surface area contributed by atoms with Crippen molar-refractivity contribution in [1.82, 2.24) is 4.98 Å². The maximum Gasteiger partial charge on any atom is 0.128 e. The van der Waals surface area contributed by atoms with E-state index in [-0.39, 0.29) is 0 Å². The highest BCUT2D eigenvalue weighted by atomic mass is 16.5. The van der Waals surface area contributed by atoms with E-state index >= 15 is 0 Å². The van der Waals surface area contributed by atoms with Gasteiger partial charge in [0, 0.05) is 17.0 Å². The minimum atomic E-state index is 0.711. The molecule has 0 amide bonds. The van der Waals surface area contributed by atoms with E-state index in [2.05, 4.69) is 41.4 Å². The normalized spacial score (nSPS) is 11.0. The van der Waals surface area contributed by atoms with Gasteiger partial charge in [-0.1, -0.05) is 42.5 Å². The molecule has 0 N–H and O–H groups in total. The van der Waals surface area contributed by atoms with Crippen molar-refractivity contribution in [3.63, 3.8) is 0 Å². The molecule has 3 nitrogen and oxygen atoms in total. The summed E-state index contributed by atoms with van der Waals surface area (Å²) >= 11 is 0. The molecule has 0 aliphatic carbocycles. The molecular formula is C24H23NO2. The third-order valence-electron chi connectivity index (χ3n) is 4.66. The first kappa shape index (κ1) is 17.3. The van der Waals surface area contributed by atoms with Crippen molar-refractivity contribution in [2.45, 2.75) is 19.3 Å². The molecule has 1 heterocycles. The van der Waals surface area contributed by atoms with Crippen LogP contribution < -0.4 is 9.47 Å². The second kappa shape index (κ2) is 8.54. The number of nitrogens with zero attached hydrogens (tertiary/aromatic N) is 1. The van der Waals surface area contributed by atoms with Crippen LogP contribution in [0.5, 0.6) is 11.5 Å². The molecule has 27 heavy (non-hydrogen) atoms. The van der Waals surface area contributed by atoms with Crippen LogP contribution in [-0.2, 0) is 0 Å². The van der Waals surface area contributed by atoms with E-state index in [4.69, 9.17) is 9.47 Å². The molecule has 3 heteroatoms. The van der Waals surface area contributed by atoms with Gasteiger partial charge in [0.25, 0.3) is 0 Å². The van der Waals surface area contributed by atoms with Crippen LogP contribution in [0.2, 0.25) is 0 Å². The van der Waals surface area contributed by atoms with E-state index < -0.39 is 0 Å². The average molecular weight is 357 g/mol. The molecule has 0 saturated heterocycles. The summed E-state index contributed by atoms with van der Waals surface area (Å²) in [7, 11) is 0. The quantitative estimate of drug-likeness (QED) is 0.362. The van der Waals surface area contributed by atoms with Crippen molar-refractivity contribution in [3.8, 4) is 11.5 Å². The van der Waals surface area contributed by atoms with Gasteiger partial charge in [-0.2, -0.15) is 0 Å². The number of rotatable bonds is 8. The molecule has 0 saturated carbocycles. The molecule has 0 aliphatic rings. The van der Waals surface area contributed by atoms with Gasteiger partial charge in [-0.15, -0.1) is 0 Å². The van der Waals surface area contributed by atoms with Gasteiger partial charge in [0.2, 0.25) is 0 Å². The number of hydrogen-bond donors (Lipinski definition) is 0. The summed E-state index contributed by atoms with van der Waals surface area (Å²) in [5, 5.41) is 3.46. The minimum Gasteiger partial charge on any atom is -0.493 e. The van der Waals surface area contributed by atoms with Crippen LogP contribution in [0.3, 0.4) is 0 Å². The Balaban J connectivity index is 1.22. The monoisotopic (exact) mass is 357 g/mol. The molecule has 0 spiro atoms. The molecule has 3 aromatic carbocycles. The van der Waals surface area contributed by atoms with E-state index in [0.29, 0.717) is 6.61 Å². The van der Waals surface area contributed by atoms with Crippen LogP contribution in [0.25, 0.3) is 21.7 Å². The molecule has 0 aliphatic heterocycles. The maximum atomic E-state index is 5.99. The van der Waals surface area contributed by atoms with Crippen molar-refractivity contribution in [3.05, 3.63) is 79.0 Å². The van der Waals surface area contributed by atoms with Crippen molar-refractivity contribution >= 4 is 21.7 Å². The molecule has 0 atom stereocenters. The molecule has 0 bridgehead atoms. The number of fused-ring (bicyclic) bond motifs is 2. The summed E-state index contributed by atoms with van der Waals surface area (Å²) in [4.78, 5) is 4.36. The van der Waals surface area contributed by atoms with E-state index in [0.717, 1.165) is 48.3 Å². The first-order valence-corrected chi connectivity index (χ1v) is 9.49. The predicted molar refractivity (Wildman–Crippen MR) is 111 cm³/mol. The van der Waals surface area contributed by atoms with E-state index in [1.807, 2.05) is 42.6 Å². The molecule has 0 fully saturated rings. The summed E-state index contributed by atoms with van der Waals surface area (Å²) in [6, 6.07) is 24.5. The lowest BCUT2D eigenvalue weighted by Crippen LogP contribution is -2.01. The third-order valence-corrected chi connectivity index (χ3v) is 4.66. The van der Waals surface area contributed by atoms with Gasteiger partial charge in [-0.25, -0.2) is 0 Å². The average Bonchev–Trinajstić information content (AvgIpc) is 2.73. The summed E-state index contributed by atoms with van der Waals surface area (Å²) in [5.74, 6) is 1.88. The summed E-state index contributed by atoms with van der Waals surface area (Å²) in [6.07, 6.45) is 4.91. The Kier molecular flexibility index (Phi) is 5.49. The fourth-order valence-corrected chi connectivity index (χ4v) is 3.27. The van der Waals surface area contributed by atoms with Crippen LogP contribution >= 0.6 is 0 Å². The molecule has 0 unspecified atom stereocenters. The zero-order valence-corrected chi connectivity index (χ0v) is 15.3. The smallest absolute Gasteiger partial charge is 0.128 e. The number of pyridine rings is 1. The SMILES string of the molecule is c1ccc2c(OCCCCCOc3cccc4ncccc34)cccc2c1. The van der Waals surface area contributed by atoms with Gasteiger partial charge in [0.1, 0.15) is 11.5 Å². The first-order chi connectivity index (χ1) is 13.4. The van der Waals surface area contributed by atoms with E-state index in [1.165, 1.54) is 10.8 Å². The highest BCUT2D eigenvalue weighted by molar-refractivity contribution is 5.88. The van der Waals surface area contributed by atoms with Crippen molar-refractivity contribution < 1.29 is 9.47 Å². The van der Waals surface area contributed by atoms with Gasteiger partial charge in [-0.05, 0) is 55.0 Å². The van der Waals surface area contributed by atoms with Crippen LogP contribution in [-0.4, -0.2) is 18.2 Å². The van der Waals surface area contributed by atoms with Gasteiger partial charge in [0.05, 0.1) is 18.7 Å². The highest BCUT2D eigenvalue weighted by Crippen LogP contribution is 2.26. The van der Waals surface area contributed by atoms with Crippen LogP contribution in [0, 0.1) is 0 Å². The zero-order chi connectivity index (χ0) is 18.3. The Morgan fingerprint density at radius 2 is 1.26 bits per heavy atom. The Hall–Kier alpha value is -3.07. The second-order valence-corrected chi connectivity index (χ2v) is 6.56. The third kappa shape index (κ3) is 4.20. The number of ether oxygens (including phenoxy) is 2. The number of aromatic nitrogens is 1. The summed E-state index contributed by atoms with van der Waals surface area (Å²) < 4.78 is 12.0. The van der Waals surface area contributed by atoms with Crippen LogP contribution in [0.1, 0.15) is 19.3 Å². The van der Waals surface area contributed by atoms with E-state index in [9.17, 15) is 0 Å². The van der Waals surface area contributed by atoms with Gasteiger partial charge >= 0.3 is 0 Å². The predicted octanol–water partition coefficient (Wildman–Crippen LogP) is 6.02. The van der Waals surface area contributed by atoms with Crippen molar-refractivity contribution in [2.75, 3.05) is 13.2 Å². The fourth-order valence-electron chi connectivity index (χ4n) is 3.27.